The summed E-state index contributed by atoms with van der Waals surface area (Å²) in [5.74, 6) is -1.26. The molecule has 20 heavy (non-hydrogen) atoms. The van der Waals surface area contributed by atoms with Crippen LogP contribution in [0.3, 0.4) is 0 Å². The van der Waals surface area contributed by atoms with Gasteiger partial charge in [0.2, 0.25) is 0 Å². The maximum atomic E-state index is 12.5. The van der Waals surface area contributed by atoms with Gasteiger partial charge in [-0.25, -0.2) is 0 Å². The molecule has 1 atom stereocenters. The smallest absolute Gasteiger partial charge is 0.324 e. The van der Waals surface area contributed by atoms with Crippen molar-refractivity contribution in [2.45, 2.75) is 27.2 Å². The standard InChI is InChI=1S/C16H20O4/c1-4-19-14(17)16(15(18)20-5-2)10-11(3)12-8-6-7-9-13(12)16/h6-9,13H,4-5,10H2,1-3H3. The Morgan fingerprint density at radius 3 is 2.35 bits per heavy atom. The van der Waals surface area contributed by atoms with E-state index in [2.05, 4.69) is 0 Å². The van der Waals surface area contributed by atoms with Crippen molar-refractivity contribution in [3.8, 4) is 0 Å². The Kier molecular flexibility index (Phi) is 4.12. The number of ether oxygens (including phenoxy) is 2. The Morgan fingerprint density at radius 1 is 1.20 bits per heavy atom. The lowest BCUT2D eigenvalue weighted by Gasteiger charge is -2.31. The van der Waals surface area contributed by atoms with Crippen LogP contribution in [0.4, 0.5) is 0 Å². The summed E-state index contributed by atoms with van der Waals surface area (Å²) in [7, 11) is 0. The normalized spacial score (nSPS) is 22.6. The summed E-state index contributed by atoms with van der Waals surface area (Å²) in [5, 5.41) is 0. The van der Waals surface area contributed by atoms with Crippen LogP contribution in [0.5, 0.6) is 0 Å². The second-order valence-electron chi connectivity index (χ2n) is 5.05. The maximum Gasteiger partial charge on any atom is 0.324 e. The van der Waals surface area contributed by atoms with Gasteiger partial charge in [-0.1, -0.05) is 29.9 Å². The Hall–Kier alpha value is -1.84. The second kappa shape index (κ2) is 5.65. The van der Waals surface area contributed by atoms with Gasteiger partial charge in [-0.05, 0) is 32.8 Å². The van der Waals surface area contributed by atoms with E-state index in [1.807, 2.05) is 31.2 Å². The van der Waals surface area contributed by atoms with Crippen molar-refractivity contribution in [2.75, 3.05) is 13.2 Å². The molecule has 4 nitrogen and oxygen atoms in total. The molecule has 0 saturated heterocycles. The van der Waals surface area contributed by atoms with E-state index in [9.17, 15) is 9.59 Å². The van der Waals surface area contributed by atoms with Gasteiger partial charge in [0.25, 0.3) is 0 Å². The van der Waals surface area contributed by atoms with Crippen molar-refractivity contribution in [3.05, 3.63) is 35.5 Å². The van der Waals surface area contributed by atoms with E-state index < -0.39 is 17.4 Å². The minimum absolute atomic E-state index is 0.251. The summed E-state index contributed by atoms with van der Waals surface area (Å²) in [6, 6.07) is 0. The molecule has 0 saturated carbocycles. The van der Waals surface area contributed by atoms with Gasteiger partial charge >= 0.3 is 11.9 Å². The van der Waals surface area contributed by atoms with Crippen LogP contribution in [0.25, 0.3) is 0 Å². The van der Waals surface area contributed by atoms with Crippen LogP contribution in [0.2, 0.25) is 0 Å². The van der Waals surface area contributed by atoms with E-state index in [0.29, 0.717) is 6.42 Å². The summed E-state index contributed by atoms with van der Waals surface area (Å²) in [6.07, 6.45) is 7.99. The fraction of sp³-hybridized carbons (Fsp3) is 0.500. The number of hydrogen-bond donors (Lipinski definition) is 0. The van der Waals surface area contributed by atoms with Crippen LogP contribution in [-0.2, 0) is 19.1 Å². The highest BCUT2D eigenvalue weighted by molar-refractivity contribution is 6.02. The maximum absolute atomic E-state index is 12.5. The quantitative estimate of drug-likeness (QED) is 0.585. The largest absolute Gasteiger partial charge is 0.465 e. The zero-order valence-electron chi connectivity index (χ0n) is 12.1. The van der Waals surface area contributed by atoms with Crippen molar-refractivity contribution in [3.63, 3.8) is 0 Å². The monoisotopic (exact) mass is 276 g/mol. The minimum Gasteiger partial charge on any atom is -0.465 e. The number of rotatable bonds is 4. The van der Waals surface area contributed by atoms with Crippen molar-refractivity contribution in [2.24, 2.45) is 11.3 Å². The van der Waals surface area contributed by atoms with Crippen LogP contribution in [-0.4, -0.2) is 25.2 Å². The van der Waals surface area contributed by atoms with Crippen LogP contribution in [0.15, 0.2) is 35.5 Å². The molecule has 0 N–H and O–H groups in total. The van der Waals surface area contributed by atoms with Crippen molar-refractivity contribution in [1.82, 2.24) is 0 Å². The molecule has 0 radical (unpaired) electrons. The number of carbonyl (C=O) groups excluding carboxylic acids is 2. The zero-order valence-corrected chi connectivity index (χ0v) is 12.1. The van der Waals surface area contributed by atoms with E-state index in [-0.39, 0.29) is 19.1 Å². The molecule has 4 heteroatoms. The van der Waals surface area contributed by atoms with Gasteiger partial charge in [-0.3, -0.25) is 9.59 Å². The molecule has 2 aliphatic carbocycles. The molecular formula is C16H20O4. The van der Waals surface area contributed by atoms with Gasteiger partial charge in [-0.2, -0.15) is 0 Å². The Labute approximate surface area is 119 Å². The Morgan fingerprint density at radius 2 is 1.80 bits per heavy atom. The van der Waals surface area contributed by atoms with E-state index in [0.717, 1.165) is 11.1 Å². The summed E-state index contributed by atoms with van der Waals surface area (Å²) in [4.78, 5) is 25.0. The van der Waals surface area contributed by atoms with Gasteiger partial charge in [0.1, 0.15) is 0 Å². The molecule has 0 bridgehead atoms. The first kappa shape index (κ1) is 14.6. The minimum atomic E-state index is -1.26. The molecule has 0 aromatic rings. The molecule has 2 aliphatic rings. The van der Waals surface area contributed by atoms with Crippen molar-refractivity contribution >= 4 is 11.9 Å². The summed E-state index contributed by atoms with van der Waals surface area (Å²) in [6.45, 7) is 5.93. The molecule has 2 rings (SSSR count). The van der Waals surface area contributed by atoms with E-state index >= 15 is 0 Å². The predicted octanol–water partition coefficient (Wildman–Crippen LogP) is 2.56. The number of allylic oxidation sites excluding steroid dienone is 6. The van der Waals surface area contributed by atoms with Gasteiger partial charge in [-0.15, -0.1) is 0 Å². The van der Waals surface area contributed by atoms with Crippen LogP contribution in [0.1, 0.15) is 27.2 Å². The lowest BCUT2D eigenvalue weighted by molar-refractivity contribution is -0.173. The first-order valence-electron chi connectivity index (χ1n) is 6.96. The molecule has 0 amide bonds. The van der Waals surface area contributed by atoms with E-state index in [1.54, 1.807) is 13.8 Å². The SMILES string of the molecule is CCOC(=O)C1(C(=O)OCC)CC(C)=C2C=CC=CC21. The number of fused-ring (bicyclic) bond motifs is 1. The summed E-state index contributed by atoms with van der Waals surface area (Å²) in [5.41, 5.74) is 0.803. The molecule has 0 aliphatic heterocycles. The molecule has 0 aromatic carbocycles. The van der Waals surface area contributed by atoms with Crippen LogP contribution in [0, 0.1) is 11.3 Å². The average molecular weight is 276 g/mol. The second-order valence-corrected chi connectivity index (χ2v) is 5.05. The molecule has 0 aromatic heterocycles. The van der Waals surface area contributed by atoms with Gasteiger partial charge < -0.3 is 9.47 Å². The third kappa shape index (κ3) is 2.09. The average Bonchev–Trinajstić information content (AvgIpc) is 2.74. The molecule has 108 valence electrons. The highest BCUT2D eigenvalue weighted by atomic mass is 16.6. The lowest BCUT2D eigenvalue weighted by atomic mass is 9.73. The molecule has 0 fully saturated rings. The van der Waals surface area contributed by atoms with E-state index in [4.69, 9.17) is 9.47 Å². The molecule has 0 spiro atoms. The third-order valence-corrected chi connectivity index (χ3v) is 3.87. The van der Waals surface area contributed by atoms with Crippen LogP contribution >= 0.6 is 0 Å². The van der Waals surface area contributed by atoms with Gasteiger partial charge in [0, 0.05) is 5.92 Å². The molecule has 1 unspecified atom stereocenters. The van der Waals surface area contributed by atoms with Gasteiger partial charge in [0.15, 0.2) is 5.41 Å². The number of hydrogen-bond acceptors (Lipinski definition) is 4. The Balaban J connectivity index is 2.45. The summed E-state index contributed by atoms with van der Waals surface area (Å²) >= 11 is 0. The van der Waals surface area contributed by atoms with Gasteiger partial charge in [0.05, 0.1) is 13.2 Å². The third-order valence-electron chi connectivity index (χ3n) is 3.87. The van der Waals surface area contributed by atoms with Crippen molar-refractivity contribution < 1.29 is 19.1 Å². The zero-order chi connectivity index (χ0) is 14.8. The first-order chi connectivity index (χ1) is 9.57. The van der Waals surface area contributed by atoms with E-state index in [1.165, 1.54) is 0 Å². The highest BCUT2D eigenvalue weighted by Gasteiger charge is 2.58. The number of esters is 2. The Bertz CT molecular complexity index is 493. The lowest BCUT2D eigenvalue weighted by Crippen LogP contribution is -2.45. The molecule has 0 heterocycles. The predicted molar refractivity (Wildman–Crippen MR) is 74.8 cm³/mol. The summed E-state index contributed by atoms with van der Waals surface area (Å²) < 4.78 is 10.3. The van der Waals surface area contributed by atoms with Crippen LogP contribution < -0.4 is 0 Å². The fourth-order valence-corrected chi connectivity index (χ4v) is 3.01. The first-order valence-corrected chi connectivity index (χ1v) is 6.96. The van der Waals surface area contributed by atoms with Crippen molar-refractivity contribution in [1.29, 1.82) is 0 Å². The highest BCUT2D eigenvalue weighted by Crippen LogP contribution is 2.50. The topological polar surface area (TPSA) is 52.6 Å². The fourth-order valence-electron chi connectivity index (χ4n) is 3.01. The molecular weight excluding hydrogens is 256 g/mol. The number of carbonyl (C=O) groups is 2.